The van der Waals surface area contributed by atoms with Crippen molar-refractivity contribution in [2.75, 3.05) is 32.6 Å². The topological polar surface area (TPSA) is 32.8 Å². The van der Waals surface area contributed by atoms with E-state index in [1.165, 1.54) is 11.1 Å². The molecule has 0 spiro atoms. The molecule has 1 amide bonds. The summed E-state index contributed by atoms with van der Waals surface area (Å²) in [6, 6.07) is 14.1. The van der Waals surface area contributed by atoms with E-state index < -0.39 is 0 Å². The van der Waals surface area contributed by atoms with Gasteiger partial charge in [-0.2, -0.15) is 0 Å². The monoisotopic (exact) mass is 336 g/mol. The fourth-order valence-corrected chi connectivity index (χ4v) is 4.30. The number of methoxy groups -OCH3 is 1. The van der Waals surface area contributed by atoms with Gasteiger partial charge >= 0.3 is 0 Å². The van der Waals surface area contributed by atoms with Crippen LogP contribution in [0.3, 0.4) is 0 Å². The largest absolute Gasteiger partial charge is 0.496 e. The molecule has 2 aromatic rings. The molecule has 2 aliphatic rings. The molecule has 130 valence electrons. The van der Waals surface area contributed by atoms with E-state index in [0.717, 1.165) is 36.4 Å². The lowest BCUT2D eigenvalue weighted by molar-refractivity contribution is 0.0987. The molecule has 0 bridgehead atoms. The average molecular weight is 336 g/mol. The minimum Gasteiger partial charge on any atom is -0.496 e. The summed E-state index contributed by atoms with van der Waals surface area (Å²) in [5, 5.41) is 0. The maximum atomic E-state index is 13.1. The van der Waals surface area contributed by atoms with Crippen molar-refractivity contribution >= 4 is 11.6 Å². The van der Waals surface area contributed by atoms with Crippen molar-refractivity contribution in [1.82, 2.24) is 4.90 Å². The number of anilines is 1. The van der Waals surface area contributed by atoms with E-state index in [-0.39, 0.29) is 5.91 Å². The van der Waals surface area contributed by atoms with E-state index >= 15 is 0 Å². The van der Waals surface area contributed by atoms with E-state index in [9.17, 15) is 4.79 Å². The summed E-state index contributed by atoms with van der Waals surface area (Å²) < 4.78 is 5.63. The van der Waals surface area contributed by atoms with E-state index in [0.29, 0.717) is 12.0 Å². The zero-order chi connectivity index (χ0) is 17.6. The SMILES string of the molecule is COc1ccc2c3c1C[C@H](N(C)C)C[C@H]3CN2C(=O)c1ccccc1. The van der Waals surface area contributed by atoms with Crippen molar-refractivity contribution in [2.45, 2.75) is 24.8 Å². The lowest BCUT2D eigenvalue weighted by Crippen LogP contribution is -2.36. The van der Waals surface area contributed by atoms with Crippen molar-refractivity contribution in [3.63, 3.8) is 0 Å². The number of hydrogen-bond acceptors (Lipinski definition) is 3. The highest BCUT2D eigenvalue weighted by molar-refractivity contribution is 6.07. The van der Waals surface area contributed by atoms with Crippen LogP contribution < -0.4 is 9.64 Å². The van der Waals surface area contributed by atoms with Crippen LogP contribution >= 0.6 is 0 Å². The van der Waals surface area contributed by atoms with Crippen LogP contribution in [0.25, 0.3) is 0 Å². The smallest absolute Gasteiger partial charge is 0.258 e. The van der Waals surface area contributed by atoms with Crippen LogP contribution in [0, 0.1) is 0 Å². The van der Waals surface area contributed by atoms with Gasteiger partial charge in [-0.3, -0.25) is 4.79 Å². The zero-order valence-corrected chi connectivity index (χ0v) is 15.0. The molecule has 0 aromatic heterocycles. The Balaban J connectivity index is 1.76. The van der Waals surface area contributed by atoms with E-state index in [2.05, 4.69) is 25.1 Å². The molecule has 1 aliphatic heterocycles. The number of nitrogens with zero attached hydrogens (tertiary/aromatic N) is 2. The molecule has 0 fully saturated rings. The van der Waals surface area contributed by atoms with Gasteiger partial charge in [-0.25, -0.2) is 0 Å². The van der Waals surface area contributed by atoms with Crippen LogP contribution in [0.15, 0.2) is 42.5 Å². The lowest BCUT2D eigenvalue weighted by atomic mass is 9.80. The van der Waals surface area contributed by atoms with Gasteiger partial charge in [0.05, 0.1) is 7.11 Å². The molecule has 4 heteroatoms. The van der Waals surface area contributed by atoms with Crippen molar-refractivity contribution in [2.24, 2.45) is 0 Å². The van der Waals surface area contributed by atoms with Crippen molar-refractivity contribution in [1.29, 1.82) is 0 Å². The first-order valence-electron chi connectivity index (χ1n) is 8.83. The molecule has 0 saturated heterocycles. The van der Waals surface area contributed by atoms with Crippen LogP contribution in [-0.2, 0) is 6.42 Å². The number of amides is 1. The Kier molecular flexibility index (Phi) is 4.00. The number of likely N-dealkylation sites (N-methyl/N-ethyl adjacent to an activating group) is 1. The molecule has 2 aromatic carbocycles. The van der Waals surface area contributed by atoms with E-state index in [1.807, 2.05) is 41.3 Å². The Bertz CT molecular complexity index is 801. The summed E-state index contributed by atoms with van der Waals surface area (Å²) >= 11 is 0. The van der Waals surface area contributed by atoms with Crippen molar-refractivity contribution in [3.8, 4) is 5.75 Å². The average Bonchev–Trinajstić information content (AvgIpc) is 3.02. The standard InChI is InChI=1S/C21H24N2O2/c1-22(2)16-11-15-13-23(21(24)14-7-5-4-6-8-14)18-9-10-19(25-3)17(12-16)20(15)18/h4-10,15-16H,11-13H2,1-3H3/t15-,16+/m0/s1. The molecule has 2 atom stereocenters. The second-order valence-electron chi connectivity index (χ2n) is 7.22. The molecule has 1 heterocycles. The van der Waals surface area contributed by atoms with Gasteiger partial charge in [-0.15, -0.1) is 0 Å². The highest BCUT2D eigenvalue weighted by Gasteiger charge is 2.40. The Morgan fingerprint density at radius 1 is 1.16 bits per heavy atom. The van der Waals surface area contributed by atoms with Gasteiger partial charge in [0.2, 0.25) is 0 Å². The summed E-state index contributed by atoms with van der Waals surface area (Å²) in [7, 11) is 6.00. The molecule has 4 rings (SSSR count). The summed E-state index contributed by atoms with van der Waals surface area (Å²) in [5.74, 6) is 1.42. The normalized spacial score (nSPS) is 21.4. The van der Waals surface area contributed by atoms with Gasteiger partial charge in [0.25, 0.3) is 5.91 Å². The molecule has 0 radical (unpaired) electrons. The van der Waals surface area contributed by atoms with Crippen LogP contribution in [0.2, 0.25) is 0 Å². The minimum absolute atomic E-state index is 0.0868. The predicted octanol–water partition coefficient (Wildman–Crippen LogP) is 3.32. The number of hydrogen-bond donors (Lipinski definition) is 0. The number of carbonyl (C=O) groups is 1. The van der Waals surface area contributed by atoms with Crippen LogP contribution in [0.4, 0.5) is 5.69 Å². The third kappa shape index (κ3) is 2.61. The molecule has 0 N–H and O–H groups in total. The van der Waals surface area contributed by atoms with Gasteiger partial charge in [0, 0.05) is 35.3 Å². The fourth-order valence-electron chi connectivity index (χ4n) is 4.30. The Hall–Kier alpha value is -2.33. The van der Waals surface area contributed by atoms with Gasteiger partial charge in [-0.1, -0.05) is 18.2 Å². The van der Waals surface area contributed by atoms with Gasteiger partial charge in [0.15, 0.2) is 0 Å². The third-order valence-corrected chi connectivity index (χ3v) is 5.61. The lowest BCUT2D eigenvalue weighted by Gasteiger charge is -2.33. The minimum atomic E-state index is 0.0868. The maximum Gasteiger partial charge on any atom is 0.258 e. The van der Waals surface area contributed by atoms with E-state index in [4.69, 9.17) is 4.74 Å². The summed E-state index contributed by atoms with van der Waals surface area (Å²) in [5.41, 5.74) is 4.40. The summed E-state index contributed by atoms with van der Waals surface area (Å²) in [6.07, 6.45) is 2.06. The fraction of sp³-hybridized carbons (Fsp3) is 0.381. The maximum absolute atomic E-state index is 13.1. The molecule has 0 unspecified atom stereocenters. The Labute approximate surface area is 149 Å². The Morgan fingerprint density at radius 3 is 2.60 bits per heavy atom. The highest BCUT2D eigenvalue weighted by atomic mass is 16.5. The van der Waals surface area contributed by atoms with Crippen molar-refractivity contribution in [3.05, 3.63) is 59.2 Å². The quantitative estimate of drug-likeness (QED) is 0.862. The molecule has 4 nitrogen and oxygen atoms in total. The number of carbonyl (C=O) groups excluding carboxylic acids is 1. The molecular weight excluding hydrogens is 312 g/mol. The summed E-state index contributed by atoms with van der Waals surface area (Å²) in [6.45, 7) is 0.758. The second-order valence-corrected chi connectivity index (χ2v) is 7.22. The molecule has 0 saturated carbocycles. The molecular formula is C21H24N2O2. The van der Waals surface area contributed by atoms with Gasteiger partial charge in [-0.05, 0) is 56.8 Å². The summed E-state index contributed by atoms with van der Waals surface area (Å²) in [4.78, 5) is 17.3. The third-order valence-electron chi connectivity index (χ3n) is 5.61. The zero-order valence-electron chi connectivity index (χ0n) is 15.0. The molecule has 1 aliphatic carbocycles. The van der Waals surface area contributed by atoms with Crippen LogP contribution in [-0.4, -0.2) is 44.6 Å². The first-order chi connectivity index (χ1) is 12.1. The highest BCUT2D eigenvalue weighted by Crippen LogP contribution is 2.48. The Morgan fingerprint density at radius 2 is 1.92 bits per heavy atom. The van der Waals surface area contributed by atoms with Crippen LogP contribution in [0.5, 0.6) is 5.75 Å². The van der Waals surface area contributed by atoms with Crippen LogP contribution in [0.1, 0.15) is 33.8 Å². The first-order valence-corrected chi connectivity index (χ1v) is 8.83. The van der Waals surface area contributed by atoms with Gasteiger partial charge < -0.3 is 14.5 Å². The number of rotatable bonds is 3. The number of benzene rings is 2. The van der Waals surface area contributed by atoms with Crippen molar-refractivity contribution < 1.29 is 9.53 Å². The number of ether oxygens (including phenoxy) is 1. The second kappa shape index (κ2) is 6.19. The predicted molar refractivity (Wildman–Crippen MR) is 99.6 cm³/mol. The molecule has 25 heavy (non-hydrogen) atoms. The van der Waals surface area contributed by atoms with Gasteiger partial charge in [0.1, 0.15) is 5.75 Å². The first kappa shape index (κ1) is 16.2. The van der Waals surface area contributed by atoms with E-state index in [1.54, 1.807) is 7.11 Å².